The minimum absolute atomic E-state index is 0.822. The Bertz CT molecular complexity index is 453. The van der Waals surface area contributed by atoms with Gasteiger partial charge >= 0.3 is 0 Å². The number of fused-ring (bicyclic) bond motifs is 1. The third-order valence-electron chi connectivity index (χ3n) is 3.18. The van der Waals surface area contributed by atoms with Gasteiger partial charge in [-0.25, -0.2) is 9.97 Å². The van der Waals surface area contributed by atoms with Crippen LogP contribution in [0.2, 0.25) is 0 Å². The second kappa shape index (κ2) is 4.81. The van der Waals surface area contributed by atoms with Gasteiger partial charge in [-0.3, -0.25) is 0 Å². The highest BCUT2D eigenvalue weighted by Crippen LogP contribution is 2.08. The summed E-state index contributed by atoms with van der Waals surface area (Å²) in [4.78, 5) is 14.5. The highest BCUT2D eigenvalue weighted by molar-refractivity contribution is 5.69. The van der Waals surface area contributed by atoms with Gasteiger partial charge in [-0.05, 0) is 12.1 Å². The topological polar surface area (TPSA) is 56.8 Å². The number of aromatic amines is 1. The van der Waals surface area contributed by atoms with Gasteiger partial charge in [0.25, 0.3) is 0 Å². The highest BCUT2D eigenvalue weighted by Gasteiger charge is 2.10. The standard InChI is InChI=1S/C12H17N5/c1-2-10-12(14-4-1)16-11(15-10)3-7-17-8-5-13-6-9-17/h1-2,4,13H,3,5-9H2,(H,14,15,16). The maximum Gasteiger partial charge on any atom is 0.177 e. The molecule has 5 heteroatoms. The van der Waals surface area contributed by atoms with E-state index in [0.29, 0.717) is 0 Å². The van der Waals surface area contributed by atoms with Crippen LogP contribution >= 0.6 is 0 Å². The molecule has 17 heavy (non-hydrogen) atoms. The fraction of sp³-hybridized carbons (Fsp3) is 0.500. The first kappa shape index (κ1) is 10.7. The molecule has 0 aromatic carbocycles. The third-order valence-corrected chi connectivity index (χ3v) is 3.18. The summed E-state index contributed by atoms with van der Waals surface area (Å²) in [6.07, 6.45) is 2.75. The Morgan fingerprint density at radius 2 is 2.18 bits per heavy atom. The molecule has 2 aromatic heterocycles. The second-order valence-corrected chi connectivity index (χ2v) is 4.40. The lowest BCUT2D eigenvalue weighted by Crippen LogP contribution is -2.44. The van der Waals surface area contributed by atoms with Crippen LogP contribution in [-0.2, 0) is 6.42 Å². The Balaban J connectivity index is 1.64. The van der Waals surface area contributed by atoms with E-state index < -0.39 is 0 Å². The van der Waals surface area contributed by atoms with Gasteiger partial charge < -0.3 is 15.2 Å². The first-order chi connectivity index (χ1) is 8.42. The van der Waals surface area contributed by atoms with E-state index in [-0.39, 0.29) is 0 Å². The molecule has 0 unspecified atom stereocenters. The maximum absolute atomic E-state index is 4.49. The summed E-state index contributed by atoms with van der Waals surface area (Å²) in [6.45, 7) is 5.54. The number of nitrogens with zero attached hydrogens (tertiary/aromatic N) is 3. The number of aromatic nitrogens is 3. The molecule has 3 rings (SSSR count). The molecule has 0 aliphatic carbocycles. The van der Waals surface area contributed by atoms with E-state index in [2.05, 4.69) is 25.2 Å². The molecule has 2 N–H and O–H groups in total. The molecule has 2 aromatic rings. The molecular weight excluding hydrogens is 214 g/mol. The van der Waals surface area contributed by atoms with Crippen molar-refractivity contribution in [1.29, 1.82) is 0 Å². The van der Waals surface area contributed by atoms with Crippen molar-refractivity contribution < 1.29 is 0 Å². The van der Waals surface area contributed by atoms with Crippen LogP contribution in [0.3, 0.4) is 0 Å². The molecule has 1 aliphatic heterocycles. The van der Waals surface area contributed by atoms with Crippen molar-refractivity contribution in [2.75, 3.05) is 32.7 Å². The predicted molar refractivity (Wildman–Crippen MR) is 66.9 cm³/mol. The van der Waals surface area contributed by atoms with Crippen molar-refractivity contribution in [2.24, 2.45) is 0 Å². The van der Waals surface area contributed by atoms with Crippen LogP contribution in [0.15, 0.2) is 18.3 Å². The lowest BCUT2D eigenvalue weighted by molar-refractivity contribution is 0.242. The van der Waals surface area contributed by atoms with Crippen molar-refractivity contribution in [1.82, 2.24) is 25.2 Å². The molecule has 0 spiro atoms. The van der Waals surface area contributed by atoms with Crippen LogP contribution in [-0.4, -0.2) is 52.6 Å². The molecular formula is C12H17N5. The van der Waals surface area contributed by atoms with Crippen LogP contribution < -0.4 is 5.32 Å². The zero-order valence-electron chi connectivity index (χ0n) is 9.82. The SMILES string of the molecule is c1cnc2nc(CCN3CCNCC3)[nH]c2c1. The third kappa shape index (κ3) is 2.45. The van der Waals surface area contributed by atoms with Gasteiger partial charge in [-0.2, -0.15) is 0 Å². The molecule has 0 radical (unpaired) electrons. The Labute approximate surface area is 100 Å². The van der Waals surface area contributed by atoms with Gasteiger partial charge in [0.2, 0.25) is 0 Å². The van der Waals surface area contributed by atoms with Gasteiger partial charge in [-0.1, -0.05) is 0 Å². The largest absolute Gasteiger partial charge is 0.341 e. The van der Waals surface area contributed by atoms with Crippen molar-refractivity contribution in [3.8, 4) is 0 Å². The van der Waals surface area contributed by atoms with Crippen LogP contribution in [0.4, 0.5) is 0 Å². The normalized spacial score (nSPS) is 17.6. The lowest BCUT2D eigenvalue weighted by atomic mass is 10.3. The van der Waals surface area contributed by atoms with Gasteiger partial charge in [0, 0.05) is 45.3 Å². The van der Waals surface area contributed by atoms with E-state index in [1.807, 2.05) is 12.1 Å². The van der Waals surface area contributed by atoms with Crippen molar-refractivity contribution >= 4 is 11.2 Å². The number of nitrogens with one attached hydrogen (secondary N) is 2. The first-order valence-corrected chi connectivity index (χ1v) is 6.14. The molecule has 0 saturated carbocycles. The summed E-state index contributed by atoms with van der Waals surface area (Å²) in [5, 5.41) is 3.36. The number of hydrogen-bond acceptors (Lipinski definition) is 4. The first-order valence-electron chi connectivity index (χ1n) is 6.14. The molecule has 5 nitrogen and oxygen atoms in total. The monoisotopic (exact) mass is 231 g/mol. The van der Waals surface area contributed by atoms with Gasteiger partial charge in [0.1, 0.15) is 5.82 Å². The van der Waals surface area contributed by atoms with Crippen molar-refractivity contribution in [3.63, 3.8) is 0 Å². The summed E-state index contributed by atoms with van der Waals surface area (Å²) < 4.78 is 0. The Kier molecular flexibility index (Phi) is 3.02. The van der Waals surface area contributed by atoms with Gasteiger partial charge in [-0.15, -0.1) is 0 Å². The number of hydrogen-bond donors (Lipinski definition) is 2. The zero-order valence-corrected chi connectivity index (χ0v) is 9.82. The van der Waals surface area contributed by atoms with E-state index in [4.69, 9.17) is 0 Å². The second-order valence-electron chi connectivity index (χ2n) is 4.40. The summed E-state index contributed by atoms with van der Waals surface area (Å²) in [5.41, 5.74) is 1.85. The summed E-state index contributed by atoms with van der Waals surface area (Å²) in [6, 6.07) is 3.95. The van der Waals surface area contributed by atoms with Gasteiger partial charge in [0.15, 0.2) is 5.65 Å². The summed E-state index contributed by atoms with van der Waals surface area (Å²) in [5.74, 6) is 1.04. The van der Waals surface area contributed by atoms with Gasteiger partial charge in [0.05, 0.1) is 5.52 Å². The summed E-state index contributed by atoms with van der Waals surface area (Å²) in [7, 11) is 0. The van der Waals surface area contributed by atoms with E-state index in [9.17, 15) is 0 Å². The zero-order chi connectivity index (χ0) is 11.5. The molecule has 1 fully saturated rings. The quantitative estimate of drug-likeness (QED) is 0.803. The maximum atomic E-state index is 4.49. The van der Waals surface area contributed by atoms with Crippen molar-refractivity contribution in [3.05, 3.63) is 24.2 Å². The molecule has 0 atom stereocenters. The van der Waals surface area contributed by atoms with Crippen LogP contribution in [0.25, 0.3) is 11.2 Å². The number of imidazole rings is 1. The molecule has 0 bridgehead atoms. The molecule has 3 heterocycles. The fourth-order valence-corrected chi connectivity index (χ4v) is 2.21. The van der Waals surface area contributed by atoms with Crippen LogP contribution in [0.1, 0.15) is 5.82 Å². The average Bonchev–Trinajstić information content (AvgIpc) is 2.80. The van der Waals surface area contributed by atoms with E-state index in [0.717, 1.165) is 56.1 Å². The minimum atomic E-state index is 0.822. The predicted octanol–water partition coefficient (Wildman–Crippen LogP) is 0.406. The molecule has 0 amide bonds. The molecule has 90 valence electrons. The summed E-state index contributed by atoms with van der Waals surface area (Å²) >= 11 is 0. The van der Waals surface area contributed by atoms with E-state index in [1.165, 1.54) is 0 Å². The number of pyridine rings is 1. The van der Waals surface area contributed by atoms with Crippen molar-refractivity contribution in [2.45, 2.75) is 6.42 Å². The Morgan fingerprint density at radius 3 is 3.00 bits per heavy atom. The van der Waals surface area contributed by atoms with E-state index >= 15 is 0 Å². The van der Waals surface area contributed by atoms with Crippen LogP contribution in [0, 0.1) is 0 Å². The minimum Gasteiger partial charge on any atom is -0.341 e. The highest BCUT2D eigenvalue weighted by atomic mass is 15.2. The Hall–Kier alpha value is -1.46. The Morgan fingerprint density at radius 1 is 1.29 bits per heavy atom. The number of piperazine rings is 1. The number of rotatable bonds is 3. The fourth-order valence-electron chi connectivity index (χ4n) is 2.21. The lowest BCUT2D eigenvalue weighted by Gasteiger charge is -2.26. The average molecular weight is 231 g/mol. The molecule has 1 aliphatic rings. The number of H-pyrrole nitrogens is 1. The van der Waals surface area contributed by atoms with Crippen LogP contribution in [0.5, 0.6) is 0 Å². The smallest absolute Gasteiger partial charge is 0.177 e. The molecule has 1 saturated heterocycles. The van der Waals surface area contributed by atoms with E-state index in [1.54, 1.807) is 6.20 Å².